The van der Waals surface area contributed by atoms with Crippen molar-refractivity contribution in [1.82, 2.24) is 24.6 Å². The summed E-state index contributed by atoms with van der Waals surface area (Å²) in [5.74, 6) is 0.131. The van der Waals surface area contributed by atoms with Crippen molar-refractivity contribution >= 4 is 29.2 Å². The van der Waals surface area contributed by atoms with E-state index in [1.807, 2.05) is 6.07 Å². The van der Waals surface area contributed by atoms with Crippen LogP contribution in [0.25, 0.3) is 11.2 Å². The maximum atomic E-state index is 12.8. The average molecular weight is 517 g/mol. The number of aliphatic hydroxyl groups is 2. The summed E-state index contributed by atoms with van der Waals surface area (Å²) >= 11 is 0. The molecule has 0 bridgehead atoms. The predicted molar refractivity (Wildman–Crippen MR) is 126 cm³/mol. The molecule has 1 saturated heterocycles. The summed E-state index contributed by atoms with van der Waals surface area (Å²) in [6.07, 6.45) is -4.87. The first-order valence-corrected chi connectivity index (χ1v) is 11.4. The van der Waals surface area contributed by atoms with Gasteiger partial charge in [0.2, 0.25) is 0 Å². The lowest BCUT2D eigenvalue weighted by molar-refractivity contribution is -0.149. The highest BCUT2D eigenvalue weighted by Gasteiger charge is 2.46. The number of rotatable bonds is 5. The van der Waals surface area contributed by atoms with Crippen molar-refractivity contribution in [2.45, 2.75) is 57.5 Å². The van der Waals surface area contributed by atoms with Crippen LogP contribution in [0.2, 0.25) is 0 Å². The number of hydrogen-bond acceptors (Lipinski definition) is 12. The topological polar surface area (TPSA) is 184 Å². The largest absolute Gasteiger partial charge is 0.533 e. The van der Waals surface area contributed by atoms with Crippen LogP contribution in [0.4, 0.5) is 15.4 Å². The minimum Gasteiger partial charge on any atom is -0.442 e. The lowest BCUT2D eigenvalue weighted by Gasteiger charge is -2.27. The summed E-state index contributed by atoms with van der Waals surface area (Å²) < 4.78 is 17.6. The van der Waals surface area contributed by atoms with E-state index in [2.05, 4.69) is 15.0 Å². The van der Waals surface area contributed by atoms with E-state index < -0.39 is 48.9 Å². The van der Waals surface area contributed by atoms with Crippen LogP contribution in [-0.2, 0) is 25.7 Å². The number of imidazole rings is 1. The van der Waals surface area contributed by atoms with Gasteiger partial charge in [0, 0.05) is 0 Å². The van der Waals surface area contributed by atoms with Crippen molar-refractivity contribution in [2.24, 2.45) is 0 Å². The molecule has 37 heavy (non-hydrogen) atoms. The minimum atomic E-state index is -1.48. The van der Waals surface area contributed by atoms with Gasteiger partial charge in [0.05, 0.1) is 12.9 Å². The van der Waals surface area contributed by atoms with E-state index in [-0.39, 0.29) is 23.6 Å². The average Bonchev–Trinajstić information content (AvgIpc) is 3.39. The van der Waals surface area contributed by atoms with E-state index in [9.17, 15) is 19.8 Å². The van der Waals surface area contributed by atoms with Crippen LogP contribution in [0.1, 0.15) is 32.6 Å². The van der Waals surface area contributed by atoms with Gasteiger partial charge in [-0.25, -0.2) is 24.5 Å². The van der Waals surface area contributed by atoms with Gasteiger partial charge in [0.1, 0.15) is 42.4 Å². The zero-order chi connectivity index (χ0) is 26.7. The van der Waals surface area contributed by atoms with E-state index in [0.29, 0.717) is 10.6 Å². The van der Waals surface area contributed by atoms with Crippen molar-refractivity contribution in [3.8, 4) is 0 Å². The molecule has 3 heterocycles. The van der Waals surface area contributed by atoms with Crippen LogP contribution in [0, 0.1) is 0 Å². The highest BCUT2D eigenvalue weighted by molar-refractivity contribution is 5.81. The smallest absolute Gasteiger partial charge is 0.442 e. The quantitative estimate of drug-likeness (QED) is 0.329. The summed E-state index contributed by atoms with van der Waals surface area (Å²) in [5.41, 5.74) is 6.17. The Kier molecular flexibility index (Phi) is 7.42. The Bertz CT molecular complexity index is 1250. The zero-order valence-electron chi connectivity index (χ0n) is 20.4. The number of hydroxylamine groups is 2. The van der Waals surface area contributed by atoms with Gasteiger partial charge in [-0.3, -0.25) is 4.57 Å². The number of nitrogen functional groups attached to an aromatic ring is 1. The Balaban J connectivity index is 1.49. The van der Waals surface area contributed by atoms with Crippen LogP contribution in [0.5, 0.6) is 0 Å². The SMILES string of the molecule is CC(C)(C)OC(=O)N(C[C@H]1O[C@@H](n2cnc3c(N)ncnc32)[C@H](O)[C@@H]1O)OC(=O)OCc1ccccc1. The second kappa shape index (κ2) is 10.5. The number of carbonyl (C=O) groups is 2. The second-order valence-corrected chi connectivity index (χ2v) is 9.29. The van der Waals surface area contributed by atoms with Gasteiger partial charge in [-0.15, -0.1) is 5.06 Å². The first-order chi connectivity index (χ1) is 17.5. The highest BCUT2D eigenvalue weighted by atomic mass is 16.8. The molecule has 1 aliphatic heterocycles. The summed E-state index contributed by atoms with van der Waals surface area (Å²) in [5, 5.41) is 22.0. The highest BCUT2D eigenvalue weighted by Crippen LogP contribution is 2.32. The molecule has 0 radical (unpaired) electrons. The number of nitrogens with zero attached hydrogens (tertiary/aromatic N) is 5. The molecule has 0 saturated carbocycles. The number of ether oxygens (including phenoxy) is 3. The van der Waals surface area contributed by atoms with Gasteiger partial charge in [0.25, 0.3) is 0 Å². The first kappa shape index (κ1) is 26.1. The van der Waals surface area contributed by atoms with Crippen molar-refractivity contribution in [3.05, 3.63) is 48.5 Å². The lowest BCUT2D eigenvalue weighted by Crippen LogP contribution is -2.45. The zero-order valence-corrected chi connectivity index (χ0v) is 20.4. The van der Waals surface area contributed by atoms with Gasteiger partial charge in [-0.05, 0) is 26.3 Å². The number of hydrogen-bond donors (Lipinski definition) is 3. The van der Waals surface area contributed by atoms with E-state index in [1.165, 1.54) is 17.2 Å². The summed E-state index contributed by atoms with van der Waals surface area (Å²) in [7, 11) is 0. The molecule has 198 valence electrons. The minimum absolute atomic E-state index is 0.0934. The summed E-state index contributed by atoms with van der Waals surface area (Å²) in [6.45, 7) is 4.33. The van der Waals surface area contributed by atoms with Crippen LogP contribution < -0.4 is 5.73 Å². The van der Waals surface area contributed by atoms with Gasteiger partial charge in [-0.1, -0.05) is 30.3 Å². The number of aliphatic hydroxyl groups excluding tert-OH is 2. The van der Waals surface area contributed by atoms with Crippen LogP contribution in [0.15, 0.2) is 43.0 Å². The van der Waals surface area contributed by atoms with Crippen LogP contribution in [-0.4, -0.2) is 77.5 Å². The number of anilines is 1. The van der Waals surface area contributed by atoms with Gasteiger partial charge in [-0.2, -0.15) is 0 Å². The molecule has 14 heteroatoms. The Morgan fingerprint density at radius 2 is 1.86 bits per heavy atom. The Morgan fingerprint density at radius 3 is 2.57 bits per heavy atom. The Hall–Kier alpha value is -4.01. The standard InChI is InChI=1S/C23H28N6O8/c1-23(2,3)36-21(32)29(37-22(33)34-10-13-7-5-4-6-8-13)9-14-16(30)17(31)20(35-14)28-12-27-15-18(24)25-11-26-19(15)28/h4-8,11-12,14,16-17,20,30-31H,9-10H2,1-3H3,(H2,24,25,26)/t14-,16-,17-,20-/m1/s1. The fourth-order valence-corrected chi connectivity index (χ4v) is 3.62. The molecule has 4 rings (SSSR count). The fraction of sp³-hybridized carbons (Fsp3) is 0.435. The molecule has 3 aromatic rings. The third-order valence-electron chi connectivity index (χ3n) is 5.33. The molecular formula is C23H28N6O8. The summed E-state index contributed by atoms with van der Waals surface area (Å²) in [6, 6.07) is 8.88. The van der Waals surface area contributed by atoms with Gasteiger partial charge in [0.15, 0.2) is 17.7 Å². The molecule has 0 spiro atoms. The van der Waals surface area contributed by atoms with Crippen molar-refractivity contribution in [1.29, 1.82) is 0 Å². The second-order valence-electron chi connectivity index (χ2n) is 9.29. The Labute approximate surface area is 211 Å². The molecule has 1 amide bonds. The predicted octanol–water partition coefficient (Wildman–Crippen LogP) is 1.53. The molecule has 1 aliphatic rings. The third-order valence-corrected chi connectivity index (χ3v) is 5.33. The van der Waals surface area contributed by atoms with Crippen molar-refractivity contribution in [3.63, 3.8) is 0 Å². The lowest BCUT2D eigenvalue weighted by atomic mass is 10.1. The molecule has 4 N–H and O–H groups in total. The number of amides is 1. The maximum absolute atomic E-state index is 12.8. The normalized spacial score (nSPS) is 21.5. The molecule has 0 unspecified atom stereocenters. The van der Waals surface area contributed by atoms with Crippen LogP contribution in [0.3, 0.4) is 0 Å². The van der Waals surface area contributed by atoms with Crippen molar-refractivity contribution < 1.29 is 38.9 Å². The van der Waals surface area contributed by atoms with E-state index in [0.717, 1.165) is 0 Å². The third kappa shape index (κ3) is 6.04. The number of fused-ring (bicyclic) bond motifs is 1. The summed E-state index contributed by atoms with van der Waals surface area (Å²) in [4.78, 5) is 42.4. The molecule has 4 atom stereocenters. The fourth-order valence-electron chi connectivity index (χ4n) is 3.62. The van der Waals surface area contributed by atoms with Crippen molar-refractivity contribution in [2.75, 3.05) is 12.3 Å². The number of nitrogens with two attached hydrogens (primary N) is 1. The van der Waals surface area contributed by atoms with E-state index in [4.69, 9.17) is 24.8 Å². The van der Waals surface area contributed by atoms with Crippen LogP contribution >= 0.6 is 0 Å². The molecule has 0 aliphatic carbocycles. The first-order valence-electron chi connectivity index (χ1n) is 11.4. The molecule has 1 fully saturated rings. The maximum Gasteiger partial charge on any atom is 0.533 e. The molecule has 14 nitrogen and oxygen atoms in total. The van der Waals surface area contributed by atoms with Gasteiger partial charge < -0.3 is 35.0 Å². The molecule has 2 aromatic heterocycles. The Morgan fingerprint density at radius 1 is 1.14 bits per heavy atom. The molecular weight excluding hydrogens is 488 g/mol. The number of benzene rings is 1. The number of aromatic nitrogens is 4. The van der Waals surface area contributed by atoms with E-state index >= 15 is 0 Å². The van der Waals surface area contributed by atoms with E-state index in [1.54, 1.807) is 45.0 Å². The number of carbonyl (C=O) groups excluding carboxylic acids is 2. The molecule has 1 aromatic carbocycles. The monoisotopic (exact) mass is 516 g/mol. The van der Waals surface area contributed by atoms with Gasteiger partial charge >= 0.3 is 12.2 Å².